The van der Waals surface area contributed by atoms with Crippen LogP contribution >= 0.6 is 34.8 Å². The highest BCUT2D eigenvalue weighted by atomic mass is 35.5. The first-order valence-corrected chi connectivity index (χ1v) is 6.23. The monoisotopic (exact) mass is 306 g/mol. The minimum Gasteiger partial charge on any atom is -0.365 e. The number of alkyl halides is 2. The van der Waals surface area contributed by atoms with Gasteiger partial charge in [-0.05, 0) is 18.6 Å². The summed E-state index contributed by atoms with van der Waals surface area (Å²) < 4.78 is -1.02. The Morgan fingerprint density at radius 2 is 2.00 bits per heavy atom. The summed E-state index contributed by atoms with van der Waals surface area (Å²) in [5.74, 6) is -1.56. The number of anilines is 1. The van der Waals surface area contributed by atoms with E-state index < -0.39 is 16.2 Å². The number of halogens is 3. The zero-order valence-corrected chi connectivity index (χ0v) is 11.3. The number of carbonyl (C=O) groups excluding carboxylic acids is 2. The van der Waals surface area contributed by atoms with Crippen LogP contribution in [0.4, 0.5) is 5.69 Å². The second-order valence-corrected chi connectivity index (χ2v) is 5.98. The number of nitrogens with one attached hydrogen (secondary N) is 1. The number of rotatable bonds is 3. The molecule has 3 N–H and O–H groups in total. The van der Waals surface area contributed by atoms with Crippen LogP contribution in [0.25, 0.3) is 0 Å². The van der Waals surface area contributed by atoms with Crippen molar-refractivity contribution in [2.75, 3.05) is 5.32 Å². The molecule has 0 aliphatic heterocycles. The molecule has 0 spiro atoms. The highest BCUT2D eigenvalue weighted by molar-refractivity contribution is 6.52. The van der Waals surface area contributed by atoms with E-state index in [1.165, 1.54) is 12.1 Å². The number of primary amides is 1. The van der Waals surface area contributed by atoms with Crippen molar-refractivity contribution in [2.24, 2.45) is 11.7 Å². The van der Waals surface area contributed by atoms with Gasteiger partial charge < -0.3 is 11.1 Å². The summed E-state index contributed by atoms with van der Waals surface area (Å²) in [5.41, 5.74) is 5.54. The van der Waals surface area contributed by atoms with Crippen LogP contribution in [0.3, 0.4) is 0 Å². The molecule has 96 valence electrons. The summed E-state index contributed by atoms with van der Waals surface area (Å²) in [4.78, 5) is 23.1. The Labute approximate surface area is 118 Å². The SMILES string of the molecule is NC(=O)c1c(Cl)cccc1NC(=O)[C@@H]1CC1(Cl)Cl. The number of amides is 2. The fourth-order valence-electron chi connectivity index (χ4n) is 1.60. The molecule has 1 aromatic carbocycles. The average molecular weight is 308 g/mol. The molecule has 2 amide bonds. The van der Waals surface area contributed by atoms with E-state index in [1.54, 1.807) is 6.07 Å². The highest BCUT2D eigenvalue weighted by Gasteiger charge is 2.56. The zero-order chi connectivity index (χ0) is 13.5. The lowest BCUT2D eigenvalue weighted by atomic mass is 10.1. The van der Waals surface area contributed by atoms with E-state index in [2.05, 4.69) is 5.32 Å². The lowest BCUT2D eigenvalue weighted by Gasteiger charge is -2.10. The zero-order valence-electron chi connectivity index (χ0n) is 9.04. The van der Waals surface area contributed by atoms with Crippen molar-refractivity contribution in [1.29, 1.82) is 0 Å². The molecular formula is C11H9Cl3N2O2. The third-order valence-corrected chi connectivity index (χ3v) is 3.81. The van der Waals surface area contributed by atoms with Crippen molar-refractivity contribution in [1.82, 2.24) is 0 Å². The van der Waals surface area contributed by atoms with Gasteiger partial charge in [0.05, 0.1) is 22.2 Å². The Hall–Kier alpha value is -0.970. The molecule has 18 heavy (non-hydrogen) atoms. The second kappa shape index (κ2) is 4.61. The molecule has 0 bridgehead atoms. The smallest absolute Gasteiger partial charge is 0.252 e. The maximum Gasteiger partial charge on any atom is 0.252 e. The van der Waals surface area contributed by atoms with Crippen molar-refractivity contribution in [2.45, 2.75) is 10.8 Å². The van der Waals surface area contributed by atoms with E-state index in [9.17, 15) is 9.59 Å². The molecule has 2 rings (SSSR count). The molecule has 1 fully saturated rings. The summed E-state index contributed by atoms with van der Waals surface area (Å²) in [6.45, 7) is 0. The second-order valence-electron chi connectivity index (χ2n) is 4.03. The number of carbonyl (C=O) groups is 2. The summed E-state index contributed by atoms with van der Waals surface area (Å²) in [7, 11) is 0. The first-order valence-electron chi connectivity index (χ1n) is 5.10. The van der Waals surface area contributed by atoms with E-state index >= 15 is 0 Å². The van der Waals surface area contributed by atoms with Crippen LogP contribution in [0.5, 0.6) is 0 Å². The molecule has 0 aromatic heterocycles. The molecule has 4 nitrogen and oxygen atoms in total. The minimum atomic E-state index is -1.02. The molecule has 1 atom stereocenters. The van der Waals surface area contributed by atoms with Crippen molar-refractivity contribution in [3.8, 4) is 0 Å². The molecular weight excluding hydrogens is 298 g/mol. The Morgan fingerprint density at radius 1 is 1.39 bits per heavy atom. The van der Waals surface area contributed by atoms with E-state index in [0.29, 0.717) is 6.42 Å². The Balaban J connectivity index is 2.22. The van der Waals surface area contributed by atoms with E-state index in [1.807, 2.05) is 0 Å². The van der Waals surface area contributed by atoms with Gasteiger partial charge in [0, 0.05) is 0 Å². The number of hydrogen-bond acceptors (Lipinski definition) is 2. The fourth-order valence-corrected chi connectivity index (χ4v) is 2.37. The van der Waals surface area contributed by atoms with Crippen LogP contribution in [-0.4, -0.2) is 16.1 Å². The lowest BCUT2D eigenvalue weighted by Crippen LogP contribution is -2.21. The Morgan fingerprint density at radius 3 is 2.50 bits per heavy atom. The van der Waals surface area contributed by atoms with Crippen LogP contribution in [0, 0.1) is 5.92 Å². The van der Waals surface area contributed by atoms with E-state index in [4.69, 9.17) is 40.5 Å². The van der Waals surface area contributed by atoms with Crippen molar-refractivity contribution in [3.05, 3.63) is 28.8 Å². The topological polar surface area (TPSA) is 72.2 Å². The van der Waals surface area contributed by atoms with Gasteiger partial charge in [0.1, 0.15) is 4.33 Å². The van der Waals surface area contributed by atoms with Crippen molar-refractivity contribution < 1.29 is 9.59 Å². The van der Waals surface area contributed by atoms with E-state index in [0.717, 1.165) is 0 Å². The van der Waals surface area contributed by atoms with Gasteiger partial charge in [0.2, 0.25) is 5.91 Å². The Kier molecular flexibility index (Phi) is 3.45. The van der Waals surface area contributed by atoms with Crippen LogP contribution in [0.1, 0.15) is 16.8 Å². The first-order chi connectivity index (χ1) is 8.33. The summed E-state index contributed by atoms with van der Waals surface area (Å²) in [6.07, 6.45) is 0.383. The molecule has 0 radical (unpaired) electrons. The summed E-state index contributed by atoms with van der Waals surface area (Å²) >= 11 is 17.4. The van der Waals surface area contributed by atoms with Gasteiger partial charge in [0.25, 0.3) is 5.91 Å². The molecule has 0 unspecified atom stereocenters. The Bertz CT molecular complexity index is 531. The highest BCUT2D eigenvalue weighted by Crippen LogP contribution is 2.53. The van der Waals surface area contributed by atoms with E-state index in [-0.39, 0.29) is 22.2 Å². The molecule has 0 saturated heterocycles. The molecule has 0 heterocycles. The van der Waals surface area contributed by atoms with Gasteiger partial charge in [-0.3, -0.25) is 9.59 Å². The van der Waals surface area contributed by atoms with Crippen molar-refractivity contribution >= 4 is 52.3 Å². The third kappa shape index (κ3) is 2.55. The van der Waals surface area contributed by atoms with Gasteiger partial charge in [-0.1, -0.05) is 17.7 Å². The average Bonchev–Trinajstić information content (AvgIpc) is 2.87. The predicted molar refractivity (Wildman–Crippen MR) is 71.1 cm³/mol. The molecule has 1 aliphatic carbocycles. The lowest BCUT2D eigenvalue weighted by molar-refractivity contribution is -0.117. The van der Waals surface area contributed by atoms with Gasteiger partial charge in [-0.15, -0.1) is 23.2 Å². The van der Waals surface area contributed by atoms with Gasteiger partial charge >= 0.3 is 0 Å². The quantitative estimate of drug-likeness (QED) is 0.842. The molecule has 1 saturated carbocycles. The summed E-state index contributed by atoms with van der Waals surface area (Å²) in [6, 6.07) is 4.66. The largest absolute Gasteiger partial charge is 0.365 e. The predicted octanol–water partition coefficient (Wildman–Crippen LogP) is 2.57. The van der Waals surface area contributed by atoms with Crippen LogP contribution in [-0.2, 0) is 4.79 Å². The number of nitrogens with two attached hydrogens (primary N) is 1. The number of hydrogen-bond donors (Lipinski definition) is 2. The van der Waals surface area contributed by atoms with Crippen LogP contribution < -0.4 is 11.1 Å². The van der Waals surface area contributed by atoms with Gasteiger partial charge in [-0.2, -0.15) is 0 Å². The normalized spacial score (nSPS) is 20.3. The van der Waals surface area contributed by atoms with Crippen LogP contribution in [0.15, 0.2) is 18.2 Å². The fraction of sp³-hybridized carbons (Fsp3) is 0.273. The summed E-state index contributed by atoms with van der Waals surface area (Å²) in [5, 5.41) is 2.74. The van der Waals surface area contributed by atoms with Gasteiger partial charge in [-0.25, -0.2) is 0 Å². The third-order valence-electron chi connectivity index (χ3n) is 2.66. The minimum absolute atomic E-state index is 0.0721. The molecule has 7 heteroatoms. The maximum absolute atomic E-state index is 11.8. The van der Waals surface area contributed by atoms with Crippen LogP contribution in [0.2, 0.25) is 5.02 Å². The molecule has 1 aliphatic rings. The number of benzene rings is 1. The standard InChI is InChI=1S/C11H9Cl3N2O2/c12-6-2-1-3-7(8(6)9(15)17)16-10(18)5-4-11(5,13)14/h1-3,5H,4H2,(H2,15,17)(H,16,18)/t5-/m0/s1. The maximum atomic E-state index is 11.8. The molecule has 1 aromatic rings. The first kappa shape index (κ1) is 13.5. The van der Waals surface area contributed by atoms with Crippen molar-refractivity contribution in [3.63, 3.8) is 0 Å². The van der Waals surface area contributed by atoms with Gasteiger partial charge in [0.15, 0.2) is 0 Å².